The molecule has 0 atom stereocenters. The molecule has 2 aromatic heterocycles. The van der Waals surface area contributed by atoms with Crippen LogP contribution in [0.25, 0.3) is 0 Å². The minimum Gasteiger partial charge on any atom is -0.355 e. The summed E-state index contributed by atoms with van der Waals surface area (Å²) in [5.74, 6) is 1.43. The highest BCUT2D eigenvalue weighted by Gasteiger charge is 2.21. The van der Waals surface area contributed by atoms with Gasteiger partial charge in [0, 0.05) is 25.7 Å². The molecule has 2 aromatic rings. The fourth-order valence-electron chi connectivity index (χ4n) is 2.83. The molecule has 1 aliphatic heterocycles. The average Bonchev–Trinajstić information content (AvgIpc) is 2.53. The maximum Gasteiger partial charge on any atom is 0.266 e. The van der Waals surface area contributed by atoms with Gasteiger partial charge in [0.05, 0.1) is 11.4 Å². The van der Waals surface area contributed by atoms with Crippen molar-refractivity contribution in [2.45, 2.75) is 33.2 Å². The zero-order valence-corrected chi connectivity index (χ0v) is 13.1. The van der Waals surface area contributed by atoms with E-state index in [2.05, 4.69) is 20.2 Å². The van der Waals surface area contributed by atoms with Crippen molar-refractivity contribution in [3.05, 3.63) is 46.0 Å². The molecule has 0 aromatic carbocycles. The minimum absolute atomic E-state index is 0.0163. The van der Waals surface area contributed by atoms with E-state index < -0.39 is 0 Å². The Kier molecular flexibility index (Phi) is 4.18. The van der Waals surface area contributed by atoms with Crippen molar-refractivity contribution in [3.63, 3.8) is 0 Å². The van der Waals surface area contributed by atoms with E-state index in [1.165, 1.54) is 0 Å². The van der Waals surface area contributed by atoms with Crippen LogP contribution in [-0.4, -0.2) is 33.1 Å². The third-order valence-electron chi connectivity index (χ3n) is 4.15. The Morgan fingerprint density at radius 1 is 1.05 bits per heavy atom. The van der Waals surface area contributed by atoms with E-state index in [0.717, 1.165) is 43.1 Å². The lowest BCUT2D eigenvalue weighted by atomic mass is 9.97. The highest BCUT2D eigenvalue weighted by atomic mass is 16.1. The van der Waals surface area contributed by atoms with Crippen LogP contribution in [0.3, 0.4) is 0 Å². The van der Waals surface area contributed by atoms with Crippen LogP contribution < -0.4 is 10.5 Å². The number of hydrogen-bond donors (Lipinski definition) is 0. The van der Waals surface area contributed by atoms with Crippen molar-refractivity contribution in [2.24, 2.45) is 5.92 Å². The Hall–Kier alpha value is -2.24. The van der Waals surface area contributed by atoms with Gasteiger partial charge in [0.2, 0.25) is 0 Å². The number of nitrogens with zero attached hydrogens (tertiary/aromatic N) is 5. The normalized spacial score (nSPS) is 16.0. The van der Waals surface area contributed by atoms with Crippen LogP contribution in [0.15, 0.2) is 29.1 Å². The molecule has 1 fully saturated rings. The minimum atomic E-state index is -0.0163. The molecule has 0 aliphatic carbocycles. The predicted octanol–water partition coefficient (Wildman–Crippen LogP) is 1.57. The first-order valence-electron chi connectivity index (χ1n) is 7.72. The fraction of sp³-hybridized carbons (Fsp3) is 0.500. The van der Waals surface area contributed by atoms with Gasteiger partial charge in [0.25, 0.3) is 5.56 Å². The Balaban J connectivity index is 1.61. The second-order valence-corrected chi connectivity index (χ2v) is 5.96. The quantitative estimate of drug-likeness (QED) is 0.860. The van der Waals surface area contributed by atoms with E-state index in [1.807, 2.05) is 26.0 Å². The second-order valence-electron chi connectivity index (χ2n) is 5.96. The third-order valence-corrected chi connectivity index (χ3v) is 4.15. The Morgan fingerprint density at radius 3 is 2.45 bits per heavy atom. The topological polar surface area (TPSA) is 63.9 Å². The predicted molar refractivity (Wildman–Crippen MR) is 84.9 cm³/mol. The van der Waals surface area contributed by atoms with Crippen molar-refractivity contribution >= 4 is 5.82 Å². The molecule has 3 heterocycles. The summed E-state index contributed by atoms with van der Waals surface area (Å²) in [6, 6.07) is 7.37. The van der Waals surface area contributed by atoms with Crippen molar-refractivity contribution in [1.82, 2.24) is 20.0 Å². The molecule has 1 aliphatic rings. The van der Waals surface area contributed by atoms with Gasteiger partial charge in [0.1, 0.15) is 0 Å². The molecule has 116 valence electrons. The summed E-state index contributed by atoms with van der Waals surface area (Å²) in [5.41, 5.74) is 1.80. The SMILES string of the molecule is Cc1ccc(N2CCC(Cn3nc(C)ccc3=O)CC2)nn1. The molecule has 6 nitrogen and oxygen atoms in total. The van der Waals surface area contributed by atoms with Gasteiger partial charge in [-0.3, -0.25) is 4.79 Å². The molecule has 0 bridgehead atoms. The standard InChI is InChI=1S/C16H21N5O/c1-12-3-5-15(18-17-12)20-9-7-14(8-10-20)11-21-16(22)6-4-13(2)19-21/h3-6,14H,7-11H2,1-2H3. The molecule has 6 heteroatoms. The summed E-state index contributed by atoms with van der Waals surface area (Å²) in [4.78, 5) is 14.1. The van der Waals surface area contributed by atoms with Gasteiger partial charge in [0.15, 0.2) is 5.82 Å². The zero-order chi connectivity index (χ0) is 15.5. The molecule has 0 amide bonds. The largest absolute Gasteiger partial charge is 0.355 e. The van der Waals surface area contributed by atoms with E-state index in [9.17, 15) is 4.79 Å². The highest BCUT2D eigenvalue weighted by Crippen LogP contribution is 2.22. The number of anilines is 1. The van der Waals surface area contributed by atoms with Gasteiger partial charge >= 0.3 is 0 Å². The Labute approximate surface area is 129 Å². The molecule has 1 saturated heterocycles. The van der Waals surface area contributed by atoms with E-state index in [0.29, 0.717) is 12.5 Å². The summed E-state index contributed by atoms with van der Waals surface area (Å²) in [7, 11) is 0. The summed E-state index contributed by atoms with van der Waals surface area (Å²) in [6.07, 6.45) is 2.08. The fourth-order valence-corrected chi connectivity index (χ4v) is 2.83. The van der Waals surface area contributed by atoms with Crippen LogP contribution in [0, 0.1) is 19.8 Å². The van der Waals surface area contributed by atoms with Crippen LogP contribution in [0.1, 0.15) is 24.2 Å². The van der Waals surface area contributed by atoms with Gasteiger partial charge in [-0.1, -0.05) is 0 Å². The van der Waals surface area contributed by atoms with Crippen LogP contribution in [0.4, 0.5) is 5.82 Å². The number of aryl methyl sites for hydroxylation is 2. The lowest BCUT2D eigenvalue weighted by Gasteiger charge is -2.32. The highest BCUT2D eigenvalue weighted by molar-refractivity contribution is 5.37. The van der Waals surface area contributed by atoms with E-state index in [-0.39, 0.29) is 5.56 Å². The van der Waals surface area contributed by atoms with E-state index in [1.54, 1.807) is 16.8 Å². The Morgan fingerprint density at radius 2 is 1.77 bits per heavy atom. The molecule has 0 N–H and O–H groups in total. The summed E-state index contributed by atoms with van der Waals surface area (Å²) < 4.78 is 1.60. The molecule has 3 rings (SSSR count). The average molecular weight is 299 g/mol. The van der Waals surface area contributed by atoms with Gasteiger partial charge in [-0.15, -0.1) is 5.10 Å². The first-order valence-corrected chi connectivity index (χ1v) is 7.72. The third kappa shape index (κ3) is 3.32. The van der Waals surface area contributed by atoms with E-state index in [4.69, 9.17) is 0 Å². The molecule has 0 spiro atoms. The lowest BCUT2D eigenvalue weighted by Crippen LogP contribution is -2.37. The van der Waals surface area contributed by atoms with Gasteiger partial charge in [-0.2, -0.15) is 10.2 Å². The Bertz CT molecular complexity index is 686. The van der Waals surface area contributed by atoms with Crippen molar-refractivity contribution in [2.75, 3.05) is 18.0 Å². The maximum atomic E-state index is 11.8. The van der Waals surface area contributed by atoms with Gasteiger partial charge in [-0.05, 0) is 50.8 Å². The molecule has 0 unspecified atom stereocenters. The van der Waals surface area contributed by atoms with Gasteiger partial charge < -0.3 is 4.90 Å². The smallest absolute Gasteiger partial charge is 0.266 e. The van der Waals surface area contributed by atoms with Crippen molar-refractivity contribution in [1.29, 1.82) is 0 Å². The van der Waals surface area contributed by atoms with Crippen LogP contribution in [0.2, 0.25) is 0 Å². The van der Waals surface area contributed by atoms with Crippen LogP contribution in [0.5, 0.6) is 0 Å². The monoisotopic (exact) mass is 299 g/mol. The molecule has 0 saturated carbocycles. The van der Waals surface area contributed by atoms with Crippen molar-refractivity contribution in [3.8, 4) is 0 Å². The number of hydrogen-bond acceptors (Lipinski definition) is 5. The molecule has 0 radical (unpaired) electrons. The van der Waals surface area contributed by atoms with Crippen LogP contribution >= 0.6 is 0 Å². The molecular weight excluding hydrogens is 278 g/mol. The first-order chi connectivity index (χ1) is 10.6. The summed E-state index contributed by atoms with van der Waals surface area (Å²) >= 11 is 0. The maximum absolute atomic E-state index is 11.8. The van der Waals surface area contributed by atoms with Gasteiger partial charge in [-0.25, -0.2) is 4.68 Å². The lowest BCUT2D eigenvalue weighted by molar-refractivity contribution is 0.333. The van der Waals surface area contributed by atoms with E-state index >= 15 is 0 Å². The first kappa shape index (κ1) is 14.7. The van der Waals surface area contributed by atoms with Crippen molar-refractivity contribution < 1.29 is 0 Å². The number of aromatic nitrogens is 4. The molecular formula is C16H21N5O. The number of rotatable bonds is 3. The second kappa shape index (κ2) is 6.25. The summed E-state index contributed by atoms with van der Waals surface area (Å²) in [5, 5.41) is 12.7. The molecule has 22 heavy (non-hydrogen) atoms. The number of piperidine rings is 1. The van der Waals surface area contributed by atoms with Crippen LogP contribution in [-0.2, 0) is 6.54 Å². The summed E-state index contributed by atoms with van der Waals surface area (Å²) in [6.45, 7) is 6.45. The zero-order valence-electron chi connectivity index (χ0n) is 13.1.